The van der Waals surface area contributed by atoms with E-state index in [1.54, 1.807) is 20.8 Å². The number of hydrogen-bond acceptors (Lipinski definition) is 7. The molecule has 5 fully saturated rings. The molecular formula is C36H57F3N6O7S. The van der Waals surface area contributed by atoms with Crippen LogP contribution in [0.4, 0.5) is 18.0 Å². The summed E-state index contributed by atoms with van der Waals surface area (Å²) in [5.41, 5.74) is -2.52. The minimum Gasteiger partial charge on any atom is -0.347 e. The average Bonchev–Trinajstić information content (AvgIpc) is 3.99. The van der Waals surface area contributed by atoms with Gasteiger partial charge in [0.1, 0.15) is 18.6 Å². The standard InChI is InChI=1S/C36H57F3N6O7S/c1-33(2,3)28(42-32(50)43-35(16-8-7-9-17-35)20-53(51,52)44(6)19-36(37,38)39)31(49)45-18-23-25(34(23,4)5)26(45)29(47)41-24(15-12-21-10-11-21)27(46)30(48)40-22-13-14-22/h21-26,28H,7-20H2,1-6H3,(H,40,48)(H,41,47)(H2,42,43,50)/t23-,24-,25-,26-,28+/m0/s1. The first-order valence-corrected chi connectivity index (χ1v) is 20.6. The Balaban J connectivity index is 1.32. The maximum atomic E-state index is 14.5. The summed E-state index contributed by atoms with van der Waals surface area (Å²) in [6.07, 6.45) is 2.23. The zero-order valence-electron chi connectivity index (χ0n) is 31.7. The predicted molar refractivity (Wildman–Crippen MR) is 190 cm³/mol. The molecule has 5 amide bonds. The maximum absolute atomic E-state index is 14.5. The molecule has 13 nitrogen and oxygen atoms in total. The van der Waals surface area contributed by atoms with Crippen molar-refractivity contribution in [3.8, 4) is 0 Å². The number of alkyl halides is 3. The van der Waals surface area contributed by atoms with Crippen molar-refractivity contribution >= 4 is 39.6 Å². The molecule has 17 heteroatoms. The molecule has 0 bridgehead atoms. The molecule has 53 heavy (non-hydrogen) atoms. The molecule has 300 valence electrons. The van der Waals surface area contributed by atoms with E-state index in [-0.39, 0.29) is 47.0 Å². The number of carbonyl (C=O) groups is 5. The maximum Gasteiger partial charge on any atom is 0.402 e. The topological polar surface area (TPSA) is 174 Å². The molecular weight excluding hydrogens is 717 g/mol. The third-order valence-corrected chi connectivity index (χ3v) is 14.0. The molecule has 0 aromatic carbocycles. The number of sulfonamides is 1. The quantitative estimate of drug-likeness (QED) is 0.185. The molecule has 1 saturated heterocycles. The Kier molecular flexibility index (Phi) is 11.6. The second-order valence-corrected chi connectivity index (χ2v) is 20.0. The van der Waals surface area contributed by atoms with Gasteiger partial charge in [-0.3, -0.25) is 19.2 Å². The Hall–Kier alpha value is -2.95. The number of fused-ring (bicyclic) bond motifs is 1. The van der Waals surface area contributed by atoms with Crippen molar-refractivity contribution in [3.05, 3.63) is 0 Å². The van der Waals surface area contributed by atoms with Crippen molar-refractivity contribution in [1.29, 1.82) is 0 Å². The second-order valence-electron chi connectivity index (χ2n) is 17.9. The number of ketones is 1. The largest absolute Gasteiger partial charge is 0.402 e. The second kappa shape index (κ2) is 14.9. The number of nitrogens with one attached hydrogen (secondary N) is 4. The van der Waals surface area contributed by atoms with E-state index in [1.165, 1.54) is 4.90 Å². The van der Waals surface area contributed by atoms with Gasteiger partial charge in [-0.15, -0.1) is 0 Å². The number of piperidine rings is 1. The SMILES string of the molecule is CN(CC(F)(F)F)S(=O)(=O)CC1(NC(=O)N[C@H](C(=O)N2C[C@H]3[C@@H]([C@H]2C(=O)N[C@@H](CCC2CC2)C(=O)C(=O)NC2CC2)C3(C)C)C(C)(C)C)CCCCC1. The van der Waals surface area contributed by atoms with Crippen LogP contribution in [-0.2, 0) is 29.2 Å². The highest BCUT2D eigenvalue weighted by molar-refractivity contribution is 7.89. The van der Waals surface area contributed by atoms with Crippen LogP contribution in [0.2, 0.25) is 0 Å². The Labute approximate surface area is 310 Å². The lowest BCUT2D eigenvalue weighted by Gasteiger charge is -2.41. The van der Waals surface area contributed by atoms with Crippen molar-refractivity contribution < 1.29 is 45.6 Å². The average molecular weight is 775 g/mol. The van der Waals surface area contributed by atoms with Gasteiger partial charge >= 0.3 is 12.2 Å². The predicted octanol–water partition coefficient (Wildman–Crippen LogP) is 3.23. The van der Waals surface area contributed by atoms with Crippen LogP contribution in [0.15, 0.2) is 0 Å². The van der Waals surface area contributed by atoms with Gasteiger partial charge in [0.05, 0.1) is 17.3 Å². The van der Waals surface area contributed by atoms with Gasteiger partial charge in [0.2, 0.25) is 27.6 Å². The molecule has 0 radical (unpaired) electrons. The van der Waals surface area contributed by atoms with Crippen molar-refractivity contribution in [2.45, 2.75) is 141 Å². The molecule has 0 unspecified atom stereocenters. The molecule has 5 rings (SSSR count). The summed E-state index contributed by atoms with van der Waals surface area (Å²) in [6.45, 7) is 7.82. The molecule has 4 saturated carbocycles. The fraction of sp³-hybridized carbons (Fsp3) is 0.861. The smallest absolute Gasteiger partial charge is 0.347 e. The molecule has 1 aliphatic heterocycles. The van der Waals surface area contributed by atoms with Gasteiger partial charge in [-0.05, 0) is 67.1 Å². The van der Waals surface area contributed by atoms with E-state index in [9.17, 15) is 45.6 Å². The van der Waals surface area contributed by atoms with Crippen LogP contribution in [0.1, 0.15) is 105 Å². The van der Waals surface area contributed by atoms with Crippen LogP contribution in [0.5, 0.6) is 0 Å². The van der Waals surface area contributed by atoms with Crippen LogP contribution < -0.4 is 21.3 Å². The normalized spacial score (nSPS) is 26.2. The van der Waals surface area contributed by atoms with Crippen LogP contribution in [0.3, 0.4) is 0 Å². The summed E-state index contributed by atoms with van der Waals surface area (Å²) in [7, 11) is -3.58. The fourth-order valence-corrected chi connectivity index (χ4v) is 9.98. The van der Waals surface area contributed by atoms with Crippen molar-refractivity contribution in [3.63, 3.8) is 0 Å². The first-order valence-electron chi connectivity index (χ1n) is 19.0. The van der Waals surface area contributed by atoms with Gasteiger partial charge in [-0.1, -0.05) is 66.7 Å². The highest BCUT2D eigenvalue weighted by atomic mass is 32.2. The zero-order valence-corrected chi connectivity index (χ0v) is 32.6. The van der Waals surface area contributed by atoms with Crippen LogP contribution in [0.25, 0.3) is 0 Å². The lowest BCUT2D eigenvalue weighted by molar-refractivity contribution is -0.145. The van der Waals surface area contributed by atoms with E-state index in [1.807, 2.05) is 13.8 Å². The Morgan fingerprint density at radius 3 is 2.11 bits per heavy atom. The van der Waals surface area contributed by atoms with Gasteiger partial charge in [-0.2, -0.15) is 17.5 Å². The summed E-state index contributed by atoms with van der Waals surface area (Å²) in [5.74, 6) is -3.01. The minimum absolute atomic E-state index is 0.0140. The fourth-order valence-electron chi connectivity index (χ4n) is 8.36. The number of hydrogen-bond donors (Lipinski definition) is 4. The van der Waals surface area contributed by atoms with Crippen LogP contribution >= 0.6 is 0 Å². The number of urea groups is 1. The number of nitrogens with zero attached hydrogens (tertiary/aromatic N) is 2. The zero-order chi connectivity index (χ0) is 39.3. The van der Waals surface area contributed by atoms with Gasteiger partial charge in [0.15, 0.2) is 0 Å². The monoisotopic (exact) mass is 774 g/mol. The third kappa shape index (κ3) is 10.0. The van der Waals surface area contributed by atoms with Crippen molar-refractivity contribution in [2.75, 3.05) is 25.9 Å². The number of rotatable bonds is 15. The molecule has 0 spiro atoms. The molecule has 5 atom stereocenters. The van der Waals surface area contributed by atoms with E-state index >= 15 is 0 Å². The summed E-state index contributed by atoms with van der Waals surface area (Å²) in [6, 6.07) is -4.06. The minimum atomic E-state index is -4.75. The highest BCUT2D eigenvalue weighted by Gasteiger charge is 2.70. The molecule has 5 aliphatic rings. The Morgan fingerprint density at radius 1 is 0.943 bits per heavy atom. The molecule has 0 aromatic heterocycles. The van der Waals surface area contributed by atoms with Crippen molar-refractivity contribution in [2.24, 2.45) is 28.6 Å². The summed E-state index contributed by atoms with van der Waals surface area (Å²) < 4.78 is 65.7. The number of Topliss-reactive ketones (excluding diaryl/α,β-unsaturated/α-hetero) is 1. The van der Waals surface area contributed by atoms with E-state index in [0.29, 0.717) is 31.6 Å². The van der Waals surface area contributed by atoms with E-state index in [0.717, 1.165) is 39.2 Å². The molecule has 0 aromatic rings. The number of carbonyl (C=O) groups excluding carboxylic acids is 5. The lowest BCUT2D eigenvalue weighted by atomic mass is 9.83. The summed E-state index contributed by atoms with van der Waals surface area (Å²) >= 11 is 0. The number of halogens is 3. The van der Waals surface area contributed by atoms with Gasteiger partial charge < -0.3 is 26.2 Å². The summed E-state index contributed by atoms with van der Waals surface area (Å²) in [4.78, 5) is 69.9. The van der Waals surface area contributed by atoms with Crippen molar-refractivity contribution in [1.82, 2.24) is 30.5 Å². The third-order valence-electron chi connectivity index (χ3n) is 12.0. The van der Waals surface area contributed by atoms with E-state index in [2.05, 4.69) is 21.3 Å². The molecule has 1 heterocycles. The molecule has 4 aliphatic carbocycles. The van der Waals surface area contributed by atoms with Gasteiger partial charge in [0.25, 0.3) is 5.91 Å². The number of amides is 5. The first-order chi connectivity index (χ1) is 24.4. The van der Waals surface area contributed by atoms with Gasteiger partial charge in [-0.25, -0.2) is 13.2 Å². The first kappa shape index (κ1) is 41.2. The summed E-state index contributed by atoms with van der Waals surface area (Å²) in [5, 5.41) is 11.0. The van der Waals surface area contributed by atoms with Crippen LogP contribution in [0, 0.1) is 28.6 Å². The van der Waals surface area contributed by atoms with Crippen LogP contribution in [-0.4, -0.2) is 109 Å². The van der Waals surface area contributed by atoms with E-state index in [4.69, 9.17) is 0 Å². The highest BCUT2D eigenvalue weighted by Crippen LogP contribution is 2.65. The number of likely N-dealkylation sites (tertiary alicyclic amines) is 1. The Morgan fingerprint density at radius 2 is 1.57 bits per heavy atom. The lowest BCUT2D eigenvalue weighted by Crippen LogP contribution is -2.64. The van der Waals surface area contributed by atoms with Gasteiger partial charge in [0, 0.05) is 19.6 Å². The Bertz CT molecular complexity index is 1550. The molecule has 4 N–H and O–H groups in total. The van der Waals surface area contributed by atoms with E-state index < -0.39 is 87.1 Å².